The molecule has 0 saturated heterocycles. The molecule has 0 spiro atoms. The molecule has 0 bridgehead atoms. The maximum atomic E-state index is 11.9. The van der Waals surface area contributed by atoms with Crippen LogP contribution in [0.25, 0.3) is 0 Å². The molecule has 7 heteroatoms. The molecule has 0 radical (unpaired) electrons. The van der Waals surface area contributed by atoms with Crippen LogP contribution in [0.2, 0.25) is 0 Å². The Morgan fingerprint density at radius 3 is 2.71 bits per heavy atom. The number of carbonyl (C=O) groups excluding carboxylic acids is 1. The Bertz CT molecular complexity index is 588. The van der Waals surface area contributed by atoms with E-state index in [1.165, 1.54) is 0 Å². The Labute approximate surface area is 130 Å². The second-order valence-corrected chi connectivity index (χ2v) is 5.57. The topological polar surface area (TPSA) is 87.7 Å². The van der Waals surface area contributed by atoms with Gasteiger partial charge < -0.3 is 20.5 Å². The van der Waals surface area contributed by atoms with Crippen LogP contribution in [0.1, 0.15) is 6.42 Å². The third-order valence-electron chi connectivity index (χ3n) is 3.08. The SMILES string of the molecule is COc1cc(Br)cc(NC(=O)NC2C=CC(C(=O)O)C2)c1. The zero-order valence-corrected chi connectivity index (χ0v) is 12.9. The second-order valence-electron chi connectivity index (χ2n) is 4.65. The molecule has 2 unspecified atom stereocenters. The van der Waals surface area contributed by atoms with E-state index in [-0.39, 0.29) is 6.04 Å². The van der Waals surface area contributed by atoms with Gasteiger partial charge in [-0.25, -0.2) is 4.79 Å². The van der Waals surface area contributed by atoms with Gasteiger partial charge in [-0.05, 0) is 18.6 Å². The van der Waals surface area contributed by atoms with E-state index in [1.807, 2.05) is 0 Å². The van der Waals surface area contributed by atoms with E-state index in [0.29, 0.717) is 17.9 Å². The van der Waals surface area contributed by atoms with E-state index in [1.54, 1.807) is 37.5 Å². The quantitative estimate of drug-likeness (QED) is 0.725. The molecule has 0 heterocycles. The number of urea groups is 1. The van der Waals surface area contributed by atoms with Gasteiger partial charge in [-0.1, -0.05) is 28.1 Å². The number of anilines is 1. The summed E-state index contributed by atoms with van der Waals surface area (Å²) in [6.45, 7) is 0. The Morgan fingerprint density at radius 1 is 1.33 bits per heavy atom. The summed E-state index contributed by atoms with van der Waals surface area (Å²) in [5.41, 5.74) is 0.579. The molecule has 3 N–H and O–H groups in total. The Morgan fingerprint density at radius 2 is 2.10 bits per heavy atom. The Balaban J connectivity index is 1.92. The minimum atomic E-state index is -0.882. The first-order valence-electron chi connectivity index (χ1n) is 6.31. The summed E-state index contributed by atoms with van der Waals surface area (Å²) in [5, 5.41) is 14.3. The van der Waals surface area contributed by atoms with Crippen molar-refractivity contribution in [2.75, 3.05) is 12.4 Å². The molecular weight excluding hydrogens is 340 g/mol. The van der Waals surface area contributed by atoms with Gasteiger partial charge >= 0.3 is 12.0 Å². The van der Waals surface area contributed by atoms with Crippen LogP contribution in [0.3, 0.4) is 0 Å². The molecule has 0 aromatic heterocycles. The Kier molecular flexibility index (Phi) is 4.85. The van der Waals surface area contributed by atoms with Crippen molar-refractivity contribution in [3.63, 3.8) is 0 Å². The van der Waals surface area contributed by atoms with E-state index in [9.17, 15) is 9.59 Å². The summed E-state index contributed by atoms with van der Waals surface area (Å²) in [6.07, 6.45) is 3.65. The maximum absolute atomic E-state index is 11.9. The van der Waals surface area contributed by atoms with Crippen molar-refractivity contribution >= 4 is 33.6 Å². The van der Waals surface area contributed by atoms with Crippen LogP contribution in [0, 0.1) is 5.92 Å². The molecule has 112 valence electrons. The highest BCUT2D eigenvalue weighted by atomic mass is 79.9. The van der Waals surface area contributed by atoms with Crippen molar-refractivity contribution in [1.29, 1.82) is 0 Å². The van der Waals surface area contributed by atoms with E-state index >= 15 is 0 Å². The van der Waals surface area contributed by atoms with Crippen LogP contribution < -0.4 is 15.4 Å². The molecular formula is C14H15BrN2O4. The van der Waals surface area contributed by atoms with Crippen molar-refractivity contribution in [3.05, 3.63) is 34.8 Å². The van der Waals surface area contributed by atoms with Crippen LogP contribution in [-0.2, 0) is 4.79 Å². The molecule has 6 nitrogen and oxygen atoms in total. The summed E-state index contributed by atoms with van der Waals surface area (Å²) >= 11 is 3.33. The highest BCUT2D eigenvalue weighted by Crippen LogP contribution is 2.24. The molecule has 2 rings (SSSR count). The largest absolute Gasteiger partial charge is 0.497 e. The highest BCUT2D eigenvalue weighted by molar-refractivity contribution is 9.10. The van der Waals surface area contributed by atoms with Gasteiger partial charge in [-0.15, -0.1) is 0 Å². The fraction of sp³-hybridized carbons (Fsp3) is 0.286. The lowest BCUT2D eigenvalue weighted by Gasteiger charge is -2.14. The minimum Gasteiger partial charge on any atom is -0.497 e. The number of amides is 2. The first-order valence-corrected chi connectivity index (χ1v) is 7.10. The zero-order valence-electron chi connectivity index (χ0n) is 11.3. The van der Waals surface area contributed by atoms with Crippen LogP contribution in [0.4, 0.5) is 10.5 Å². The molecule has 2 amide bonds. The lowest BCUT2D eigenvalue weighted by molar-refractivity contribution is -0.140. The van der Waals surface area contributed by atoms with Crippen molar-refractivity contribution in [1.82, 2.24) is 5.32 Å². The predicted molar refractivity (Wildman–Crippen MR) is 81.5 cm³/mol. The standard InChI is InChI=1S/C14H15BrN2O4/c1-21-12-6-9(15)5-11(7-12)17-14(20)16-10-3-2-8(4-10)13(18)19/h2-3,5-8,10H,4H2,1H3,(H,18,19)(H2,16,17,20). The van der Waals surface area contributed by atoms with E-state index in [0.717, 1.165) is 4.47 Å². The number of benzene rings is 1. The third-order valence-corrected chi connectivity index (χ3v) is 3.54. The highest BCUT2D eigenvalue weighted by Gasteiger charge is 2.25. The van der Waals surface area contributed by atoms with Crippen LogP contribution in [0.15, 0.2) is 34.8 Å². The number of rotatable bonds is 4. The third kappa shape index (κ3) is 4.22. The first-order chi connectivity index (χ1) is 9.97. The average Bonchev–Trinajstić information content (AvgIpc) is 2.86. The van der Waals surface area contributed by atoms with Gasteiger partial charge in [0.1, 0.15) is 5.75 Å². The van der Waals surface area contributed by atoms with Crippen molar-refractivity contribution in [3.8, 4) is 5.75 Å². The smallest absolute Gasteiger partial charge is 0.319 e. The number of hydrogen-bond acceptors (Lipinski definition) is 3. The normalized spacial score (nSPS) is 20.1. The molecule has 0 aliphatic heterocycles. The number of carboxylic acids is 1. The summed E-state index contributed by atoms with van der Waals surface area (Å²) in [4.78, 5) is 22.7. The van der Waals surface area contributed by atoms with Gasteiger partial charge in [0, 0.05) is 16.2 Å². The van der Waals surface area contributed by atoms with E-state index in [2.05, 4.69) is 26.6 Å². The zero-order chi connectivity index (χ0) is 15.4. The lowest BCUT2D eigenvalue weighted by atomic mass is 10.1. The van der Waals surface area contributed by atoms with Gasteiger partial charge in [-0.2, -0.15) is 0 Å². The molecule has 1 aromatic rings. The number of methoxy groups -OCH3 is 1. The Hall–Kier alpha value is -2.02. The average molecular weight is 355 g/mol. The molecule has 21 heavy (non-hydrogen) atoms. The summed E-state index contributed by atoms with van der Waals surface area (Å²) in [7, 11) is 1.54. The molecule has 0 fully saturated rings. The summed E-state index contributed by atoms with van der Waals surface area (Å²) in [5.74, 6) is -0.805. The number of halogens is 1. The number of hydrogen-bond donors (Lipinski definition) is 3. The van der Waals surface area contributed by atoms with Gasteiger partial charge in [0.05, 0.1) is 19.1 Å². The first kappa shape index (κ1) is 15.4. The van der Waals surface area contributed by atoms with Crippen LogP contribution >= 0.6 is 15.9 Å². The molecule has 2 atom stereocenters. The lowest BCUT2D eigenvalue weighted by Crippen LogP contribution is -2.36. The summed E-state index contributed by atoms with van der Waals surface area (Å²) in [6, 6.07) is 4.54. The van der Waals surface area contributed by atoms with E-state index < -0.39 is 17.9 Å². The summed E-state index contributed by atoms with van der Waals surface area (Å²) < 4.78 is 5.89. The fourth-order valence-corrected chi connectivity index (χ4v) is 2.55. The van der Waals surface area contributed by atoms with Crippen LogP contribution in [0.5, 0.6) is 5.75 Å². The van der Waals surface area contributed by atoms with Gasteiger partial charge in [0.25, 0.3) is 0 Å². The van der Waals surface area contributed by atoms with Crippen molar-refractivity contribution < 1.29 is 19.4 Å². The molecule has 1 aliphatic rings. The second kappa shape index (κ2) is 6.62. The molecule has 0 saturated carbocycles. The number of ether oxygens (including phenoxy) is 1. The van der Waals surface area contributed by atoms with Crippen molar-refractivity contribution in [2.24, 2.45) is 5.92 Å². The number of aliphatic carboxylic acids is 1. The number of carbonyl (C=O) groups is 2. The molecule has 1 aliphatic carbocycles. The van der Waals surface area contributed by atoms with Crippen molar-refractivity contribution in [2.45, 2.75) is 12.5 Å². The van der Waals surface area contributed by atoms with E-state index in [4.69, 9.17) is 9.84 Å². The predicted octanol–water partition coefficient (Wildman–Crippen LogP) is 2.61. The number of nitrogens with one attached hydrogen (secondary N) is 2. The monoisotopic (exact) mass is 354 g/mol. The maximum Gasteiger partial charge on any atom is 0.319 e. The van der Waals surface area contributed by atoms with Crippen LogP contribution in [-0.4, -0.2) is 30.3 Å². The van der Waals surface area contributed by atoms with Gasteiger partial charge in [0.15, 0.2) is 0 Å². The molecule has 1 aromatic carbocycles. The minimum absolute atomic E-state index is 0.278. The van der Waals surface area contributed by atoms with Gasteiger partial charge in [-0.3, -0.25) is 4.79 Å². The fourth-order valence-electron chi connectivity index (χ4n) is 2.08. The number of carboxylic acid groups (broad SMARTS) is 1. The van der Waals surface area contributed by atoms with Gasteiger partial charge in [0.2, 0.25) is 0 Å².